The van der Waals surface area contributed by atoms with Gasteiger partial charge in [-0.15, -0.1) is 0 Å². The Balaban J connectivity index is 1.92. The van der Waals surface area contributed by atoms with Gasteiger partial charge in [-0.3, -0.25) is 19.3 Å². The van der Waals surface area contributed by atoms with Crippen molar-refractivity contribution in [3.63, 3.8) is 0 Å². The number of hydrogen-bond donors (Lipinski definition) is 1. The molecule has 0 unspecified atom stereocenters. The van der Waals surface area contributed by atoms with Gasteiger partial charge in [-0.1, -0.05) is 25.1 Å². The van der Waals surface area contributed by atoms with E-state index in [4.69, 9.17) is 4.74 Å². The zero-order chi connectivity index (χ0) is 21.2. The second kappa shape index (κ2) is 8.53. The lowest BCUT2D eigenvalue weighted by Crippen LogP contribution is -2.60. The van der Waals surface area contributed by atoms with E-state index in [2.05, 4.69) is 5.32 Å². The first kappa shape index (κ1) is 21.3. The van der Waals surface area contributed by atoms with Gasteiger partial charge >= 0.3 is 0 Å². The monoisotopic (exact) mass is 401 g/mol. The van der Waals surface area contributed by atoms with Crippen LogP contribution in [0.3, 0.4) is 0 Å². The molecule has 2 fully saturated rings. The first-order chi connectivity index (χ1) is 13.8. The van der Waals surface area contributed by atoms with Gasteiger partial charge in [0, 0.05) is 44.0 Å². The van der Waals surface area contributed by atoms with Crippen molar-refractivity contribution in [3.8, 4) is 0 Å². The summed E-state index contributed by atoms with van der Waals surface area (Å²) < 4.78 is 6.16. The molecular formula is C22H31N3O4. The van der Waals surface area contributed by atoms with Gasteiger partial charge in [0.25, 0.3) is 5.91 Å². The number of carbonyl (C=O) groups is 3. The summed E-state index contributed by atoms with van der Waals surface area (Å²) in [5, 5.41) is 2.92. The molecule has 1 N–H and O–H groups in total. The molecule has 1 aromatic carbocycles. The van der Waals surface area contributed by atoms with Gasteiger partial charge in [0.15, 0.2) is 0 Å². The Hall–Kier alpha value is -2.41. The van der Waals surface area contributed by atoms with Crippen LogP contribution in [0.15, 0.2) is 24.3 Å². The molecule has 7 nitrogen and oxygen atoms in total. The van der Waals surface area contributed by atoms with Gasteiger partial charge in [0.1, 0.15) is 11.8 Å². The molecule has 7 heteroatoms. The molecule has 2 aliphatic rings. The zero-order valence-electron chi connectivity index (χ0n) is 17.7. The van der Waals surface area contributed by atoms with E-state index >= 15 is 0 Å². The molecule has 0 aliphatic carbocycles. The SMILES string of the molecule is CCC(=O)N1CCC2(CC1)OC[C@H](C(=O)NC(C)C)N2C(=O)c1ccccc1C. The fourth-order valence-corrected chi connectivity index (χ4v) is 4.22. The van der Waals surface area contributed by atoms with Crippen molar-refractivity contribution in [1.82, 2.24) is 15.1 Å². The maximum Gasteiger partial charge on any atom is 0.257 e. The third-order valence-corrected chi connectivity index (χ3v) is 5.79. The van der Waals surface area contributed by atoms with E-state index < -0.39 is 11.8 Å². The number of benzene rings is 1. The summed E-state index contributed by atoms with van der Waals surface area (Å²) in [6.07, 6.45) is 1.46. The minimum Gasteiger partial charge on any atom is -0.353 e. The highest BCUT2D eigenvalue weighted by molar-refractivity contribution is 5.99. The van der Waals surface area contributed by atoms with Gasteiger partial charge in [-0.05, 0) is 32.4 Å². The van der Waals surface area contributed by atoms with E-state index in [-0.39, 0.29) is 30.4 Å². The third-order valence-electron chi connectivity index (χ3n) is 5.79. The predicted octanol–water partition coefficient (Wildman–Crippen LogP) is 2.09. The van der Waals surface area contributed by atoms with Crippen molar-refractivity contribution in [3.05, 3.63) is 35.4 Å². The van der Waals surface area contributed by atoms with Crippen LogP contribution in [0, 0.1) is 6.92 Å². The predicted molar refractivity (Wildman–Crippen MR) is 109 cm³/mol. The second-order valence-corrected chi connectivity index (χ2v) is 8.16. The van der Waals surface area contributed by atoms with E-state index in [1.807, 2.05) is 50.8 Å². The van der Waals surface area contributed by atoms with E-state index in [1.165, 1.54) is 0 Å². The number of carbonyl (C=O) groups excluding carboxylic acids is 3. The van der Waals surface area contributed by atoms with Crippen LogP contribution in [-0.4, -0.2) is 65.0 Å². The second-order valence-electron chi connectivity index (χ2n) is 8.16. The van der Waals surface area contributed by atoms with Gasteiger partial charge < -0.3 is 15.0 Å². The Morgan fingerprint density at radius 2 is 1.86 bits per heavy atom. The lowest BCUT2D eigenvalue weighted by Gasteiger charge is -2.44. The molecule has 0 saturated carbocycles. The number of nitrogens with zero attached hydrogens (tertiary/aromatic N) is 2. The number of amides is 3. The summed E-state index contributed by atoms with van der Waals surface area (Å²) >= 11 is 0. The van der Waals surface area contributed by atoms with Crippen LogP contribution in [0.1, 0.15) is 56.0 Å². The van der Waals surface area contributed by atoms with E-state index in [1.54, 1.807) is 11.0 Å². The van der Waals surface area contributed by atoms with E-state index in [0.29, 0.717) is 37.9 Å². The molecule has 2 heterocycles. The summed E-state index contributed by atoms with van der Waals surface area (Å²) in [5.74, 6) is -0.297. The van der Waals surface area contributed by atoms with Crippen molar-refractivity contribution in [2.75, 3.05) is 19.7 Å². The summed E-state index contributed by atoms with van der Waals surface area (Å²) in [7, 11) is 0. The van der Waals surface area contributed by atoms with Gasteiger partial charge in [-0.2, -0.15) is 0 Å². The zero-order valence-corrected chi connectivity index (χ0v) is 17.7. The van der Waals surface area contributed by atoms with Crippen molar-refractivity contribution in [2.24, 2.45) is 0 Å². The third kappa shape index (κ3) is 4.15. The molecule has 0 aromatic heterocycles. The standard InChI is InChI=1S/C22H31N3O4/c1-5-19(26)24-12-10-22(11-13-24)25(18(14-29-22)20(27)23-15(2)3)21(28)17-9-7-6-8-16(17)4/h6-9,15,18H,5,10-14H2,1-4H3,(H,23,27)/t18-/m1/s1. The summed E-state index contributed by atoms with van der Waals surface area (Å²) in [6.45, 7) is 8.72. The number of nitrogens with one attached hydrogen (secondary N) is 1. The van der Waals surface area contributed by atoms with Crippen LogP contribution >= 0.6 is 0 Å². The van der Waals surface area contributed by atoms with Gasteiger partial charge in [0.2, 0.25) is 11.8 Å². The topological polar surface area (TPSA) is 79.0 Å². The summed E-state index contributed by atoms with van der Waals surface area (Å²) in [4.78, 5) is 42.0. The molecule has 158 valence electrons. The van der Waals surface area contributed by atoms with Crippen LogP contribution in [0.4, 0.5) is 0 Å². The molecule has 1 spiro atoms. The first-order valence-electron chi connectivity index (χ1n) is 10.4. The number of hydrogen-bond acceptors (Lipinski definition) is 4. The molecule has 3 rings (SSSR count). The number of ether oxygens (including phenoxy) is 1. The molecule has 1 atom stereocenters. The van der Waals surface area contributed by atoms with Crippen LogP contribution in [0.5, 0.6) is 0 Å². The Bertz CT molecular complexity index is 784. The van der Waals surface area contributed by atoms with Crippen LogP contribution < -0.4 is 5.32 Å². The van der Waals surface area contributed by atoms with Crippen molar-refractivity contribution >= 4 is 17.7 Å². The number of likely N-dealkylation sites (tertiary alicyclic amines) is 1. The minimum absolute atomic E-state index is 0.0292. The first-order valence-corrected chi connectivity index (χ1v) is 10.4. The fourth-order valence-electron chi connectivity index (χ4n) is 4.22. The molecule has 29 heavy (non-hydrogen) atoms. The molecule has 2 aliphatic heterocycles. The fraction of sp³-hybridized carbons (Fsp3) is 0.591. The summed E-state index contributed by atoms with van der Waals surface area (Å²) in [6, 6.07) is 6.69. The van der Waals surface area contributed by atoms with Crippen molar-refractivity contribution < 1.29 is 19.1 Å². The summed E-state index contributed by atoms with van der Waals surface area (Å²) in [5.41, 5.74) is 0.580. The number of piperidine rings is 1. The molecular weight excluding hydrogens is 370 g/mol. The molecule has 3 amide bonds. The number of rotatable bonds is 4. The molecule has 0 radical (unpaired) electrons. The lowest BCUT2D eigenvalue weighted by molar-refractivity contribution is -0.143. The average Bonchev–Trinajstić information content (AvgIpc) is 3.06. The van der Waals surface area contributed by atoms with Crippen LogP contribution in [0.2, 0.25) is 0 Å². The Kier molecular flexibility index (Phi) is 6.27. The lowest BCUT2D eigenvalue weighted by atomic mass is 9.95. The van der Waals surface area contributed by atoms with Crippen molar-refractivity contribution in [2.45, 2.75) is 64.8 Å². The minimum atomic E-state index is -0.858. The largest absolute Gasteiger partial charge is 0.353 e. The number of aryl methyl sites for hydroxylation is 1. The van der Waals surface area contributed by atoms with Crippen LogP contribution in [-0.2, 0) is 14.3 Å². The normalized spacial score (nSPS) is 20.9. The molecule has 0 bridgehead atoms. The molecule has 1 aromatic rings. The Morgan fingerprint density at radius 1 is 1.21 bits per heavy atom. The molecule has 2 saturated heterocycles. The highest BCUT2D eigenvalue weighted by atomic mass is 16.5. The smallest absolute Gasteiger partial charge is 0.257 e. The highest BCUT2D eigenvalue weighted by Crippen LogP contribution is 2.39. The van der Waals surface area contributed by atoms with Crippen molar-refractivity contribution in [1.29, 1.82) is 0 Å². The maximum atomic E-state index is 13.6. The van der Waals surface area contributed by atoms with E-state index in [0.717, 1.165) is 5.56 Å². The van der Waals surface area contributed by atoms with Gasteiger partial charge in [0.05, 0.1) is 6.61 Å². The van der Waals surface area contributed by atoms with Crippen LogP contribution in [0.25, 0.3) is 0 Å². The Labute approximate surface area is 172 Å². The van der Waals surface area contributed by atoms with Gasteiger partial charge in [-0.25, -0.2) is 0 Å². The van der Waals surface area contributed by atoms with E-state index in [9.17, 15) is 14.4 Å². The maximum absolute atomic E-state index is 13.6. The quantitative estimate of drug-likeness (QED) is 0.838. The Morgan fingerprint density at radius 3 is 2.45 bits per heavy atom. The average molecular weight is 402 g/mol. The highest BCUT2D eigenvalue weighted by Gasteiger charge is 2.54.